The van der Waals surface area contributed by atoms with Crippen molar-refractivity contribution >= 4 is 34.8 Å². The minimum Gasteiger partial charge on any atom is -0.487 e. The van der Waals surface area contributed by atoms with E-state index < -0.39 is 11.8 Å². The Bertz CT molecular complexity index is 898. The Morgan fingerprint density at radius 3 is 2.46 bits per heavy atom. The van der Waals surface area contributed by atoms with E-state index in [9.17, 15) is 9.59 Å². The van der Waals surface area contributed by atoms with Crippen molar-refractivity contribution in [2.45, 2.75) is 6.61 Å². The number of ether oxygens (including phenoxy) is 1. The molecule has 0 saturated heterocycles. The van der Waals surface area contributed by atoms with Gasteiger partial charge in [-0.1, -0.05) is 23.7 Å². The van der Waals surface area contributed by atoms with E-state index in [1.54, 1.807) is 54.0 Å². The van der Waals surface area contributed by atoms with Crippen molar-refractivity contribution in [3.05, 3.63) is 81.3 Å². The van der Waals surface area contributed by atoms with E-state index in [1.807, 2.05) is 5.38 Å². The van der Waals surface area contributed by atoms with Gasteiger partial charge in [-0.3, -0.25) is 20.4 Å². The summed E-state index contributed by atoms with van der Waals surface area (Å²) in [6.07, 6.45) is 0. The molecule has 0 radical (unpaired) electrons. The number of rotatable bonds is 5. The lowest BCUT2D eigenvalue weighted by atomic mass is 10.2. The summed E-state index contributed by atoms with van der Waals surface area (Å²) in [5.74, 6) is -0.321. The standard InChI is InChI=1S/C18H14ClN3O3S/c19-16-4-2-1-3-15(16)18(24)22-21-17(23)12-5-7-14(8-6-12)25-9-13-10-26-11-20-13/h1-8,10-11H,9H2,(H,21,23)(H,22,24). The summed E-state index contributed by atoms with van der Waals surface area (Å²) in [4.78, 5) is 28.3. The Balaban J connectivity index is 1.53. The minimum absolute atomic E-state index is 0.278. The molecule has 1 heterocycles. The van der Waals surface area contributed by atoms with Gasteiger partial charge in [-0.15, -0.1) is 11.3 Å². The number of carbonyl (C=O) groups excluding carboxylic acids is 2. The molecule has 0 atom stereocenters. The molecule has 0 aliphatic rings. The van der Waals surface area contributed by atoms with Gasteiger partial charge in [-0.25, -0.2) is 4.98 Å². The van der Waals surface area contributed by atoms with Crippen LogP contribution >= 0.6 is 22.9 Å². The molecule has 0 saturated carbocycles. The highest BCUT2D eigenvalue weighted by molar-refractivity contribution is 7.07. The normalized spacial score (nSPS) is 10.2. The highest BCUT2D eigenvalue weighted by Crippen LogP contribution is 2.15. The molecule has 0 fully saturated rings. The van der Waals surface area contributed by atoms with Crippen LogP contribution in [0.25, 0.3) is 0 Å². The third kappa shape index (κ3) is 4.59. The van der Waals surface area contributed by atoms with Crippen LogP contribution in [0, 0.1) is 0 Å². The van der Waals surface area contributed by atoms with E-state index in [4.69, 9.17) is 16.3 Å². The average Bonchev–Trinajstić information content (AvgIpc) is 3.18. The summed E-state index contributed by atoms with van der Waals surface area (Å²) < 4.78 is 5.58. The molecule has 0 aliphatic heterocycles. The monoisotopic (exact) mass is 387 g/mol. The lowest BCUT2D eigenvalue weighted by molar-refractivity contribution is 0.0846. The number of nitrogens with one attached hydrogen (secondary N) is 2. The fourth-order valence-electron chi connectivity index (χ4n) is 2.07. The van der Waals surface area contributed by atoms with Crippen molar-refractivity contribution in [3.8, 4) is 5.75 Å². The summed E-state index contributed by atoms with van der Waals surface area (Å²) in [6, 6.07) is 13.1. The SMILES string of the molecule is O=C(NNC(=O)c1ccccc1Cl)c1ccc(OCc2cscn2)cc1. The topological polar surface area (TPSA) is 80.3 Å². The van der Waals surface area contributed by atoms with Gasteiger partial charge in [0, 0.05) is 10.9 Å². The van der Waals surface area contributed by atoms with Gasteiger partial charge in [0.05, 0.1) is 21.8 Å². The fourth-order valence-corrected chi connectivity index (χ4v) is 2.83. The average molecular weight is 388 g/mol. The molecule has 0 aliphatic carbocycles. The van der Waals surface area contributed by atoms with Crippen molar-refractivity contribution in [1.29, 1.82) is 0 Å². The fraction of sp³-hybridized carbons (Fsp3) is 0.0556. The molecular formula is C18H14ClN3O3S. The summed E-state index contributed by atoms with van der Waals surface area (Å²) in [5.41, 5.74) is 7.93. The summed E-state index contributed by atoms with van der Waals surface area (Å²) in [6.45, 7) is 0.364. The second kappa shape index (κ2) is 8.46. The van der Waals surface area contributed by atoms with Gasteiger partial charge in [0.1, 0.15) is 12.4 Å². The molecule has 8 heteroatoms. The Hall–Kier alpha value is -2.90. The minimum atomic E-state index is -0.493. The largest absolute Gasteiger partial charge is 0.487 e. The molecular weight excluding hydrogens is 374 g/mol. The first-order valence-corrected chi connectivity index (χ1v) is 8.90. The summed E-state index contributed by atoms with van der Waals surface area (Å²) in [5, 5.41) is 2.21. The Kier molecular flexibility index (Phi) is 5.83. The predicted octanol–water partition coefficient (Wildman–Crippen LogP) is 3.45. The second-order valence-electron chi connectivity index (χ2n) is 5.18. The number of hydrogen-bond acceptors (Lipinski definition) is 5. The van der Waals surface area contributed by atoms with Crippen LogP contribution in [0.5, 0.6) is 5.75 Å². The van der Waals surface area contributed by atoms with Crippen LogP contribution in [0.2, 0.25) is 5.02 Å². The Morgan fingerprint density at radius 1 is 1.04 bits per heavy atom. The molecule has 0 spiro atoms. The highest BCUT2D eigenvalue weighted by Gasteiger charge is 2.11. The molecule has 0 bridgehead atoms. The van der Waals surface area contributed by atoms with Crippen molar-refractivity contribution in [3.63, 3.8) is 0 Å². The molecule has 3 aromatic rings. The van der Waals surface area contributed by atoms with Crippen LogP contribution < -0.4 is 15.6 Å². The molecule has 2 N–H and O–H groups in total. The van der Waals surface area contributed by atoms with Gasteiger partial charge in [0.2, 0.25) is 0 Å². The number of nitrogens with zero attached hydrogens (tertiary/aromatic N) is 1. The molecule has 3 rings (SSSR count). The third-order valence-corrected chi connectivity index (χ3v) is 4.36. The first kappa shape index (κ1) is 17.9. The molecule has 132 valence electrons. The van der Waals surface area contributed by atoms with Crippen LogP contribution in [-0.2, 0) is 6.61 Å². The van der Waals surface area contributed by atoms with Crippen molar-refractivity contribution in [2.24, 2.45) is 0 Å². The number of carbonyl (C=O) groups is 2. The van der Waals surface area contributed by atoms with E-state index in [0.29, 0.717) is 22.9 Å². The van der Waals surface area contributed by atoms with E-state index in [0.717, 1.165) is 5.69 Å². The van der Waals surface area contributed by atoms with Crippen LogP contribution in [0.3, 0.4) is 0 Å². The van der Waals surface area contributed by atoms with Crippen molar-refractivity contribution < 1.29 is 14.3 Å². The first-order chi connectivity index (χ1) is 12.6. The van der Waals surface area contributed by atoms with E-state index >= 15 is 0 Å². The number of benzene rings is 2. The number of amides is 2. The molecule has 1 aromatic heterocycles. The maximum Gasteiger partial charge on any atom is 0.271 e. The quantitative estimate of drug-likeness (QED) is 0.657. The van der Waals surface area contributed by atoms with Gasteiger partial charge in [0.25, 0.3) is 11.8 Å². The van der Waals surface area contributed by atoms with Crippen LogP contribution in [-0.4, -0.2) is 16.8 Å². The number of thiazole rings is 1. The molecule has 0 unspecified atom stereocenters. The maximum absolute atomic E-state index is 12.1. The summed E-state index contributed by atoms with van der Waals surface area (Å²) in [7, 11) is 0. The van der Waals surface area contributed by atoms with Gasteiger partial charge in [-0.2, -0.15) is 0 Å². The number of hydrogen-bond donors (Lipinski definition) is 2. The van der Waals surface area contributed by atoms with Crippen molar-refractivity contribution in [1.82, 2.24) is 15.8 Å². The van der Waals surface area contributed by atoms with Crippen LogP contribution in [0.1, 0.15) is 26.4 Å². The smallest absolute Gasteiger partial charge is 0.271 e. The van der Waals surface area contributed by atoms with Crippen LogP contribution in [0.15, 0.2) is 59.4 Å². The van der Waals surface area contributed by atoms with Gasteiger partial charge in [0.15, 0.2) is 0 Å². The second-order valence-corrected chi connectivity index (χ2v) is 6.31. The number of aromatic nitrogens is 1. The Labute approximate surface area is 158 Å². The zero-order valence-electron chi connectivity index (χ0n) is 13.4. The van der Waals surface area contributed by atoms with Gasteiger partial charge in [-0.05, 0) is 36.4 Å². The molecule has 2 aromatic carbocycles. The first-order valence-electron chi connectivity index (χ1n) is 7.58. The lowest BCUT2D eigenvalue weighted by Crippen LogP contribution is -2.41. The van der Waals surface area contributed by atoms with Crippen molar-refractivity contribution in [2.75, 3.05) is 0 Å². The lowest BCUT2D eigenvalue weighted by Gasteiger charge is -2.09. The van der Waals surface area contributed by atoms with E-state index in [1.165, 1.54) is 11.3 Å². The molecule has 26 heavy (non-hydrogen) atoms. The number of hydrazine groups is 1. The van der Waals surface area contributed by atoms with Gasteiger partial charge < -0.3 is 4.74 Å². The highest BCUT2D eigenvalue weighted by atomic mass is 35.5. The summed E-state index contributed by atoms with van der Waals surface area (Å²) >= 11 is 7.45. The Morgan fingerprint density at radius 2 is 1.77 bits per heavy atom. The number of halogens is 1. The molecule has 6 nitrogen and oxygen atoms in total. The van der Waals surface area contributed by atoms with Crippen LogP contribution in [0.4, 0.5) is 0 Å². The van der Waals surface area contributed by atoms with E-state index in [2.05, 4.69) is 15.8 Å². The zero-order chi connectivity index (χ0) is 18.4. The predicted molar refractivity (Wildman–Crippen MR) is 99.3 cm³/mol. The van der Waals surface area contributed by atoms with Gasteiger partial charge >= 0.3 is 0 Å². The maximum atomic E-state index is 12.1. The zero-order valence-corrected chi connectivity index (χ0v) is 15.0. The third-order valence-electron chi connectivity index (χ3n) is 3.39. The molecule has 2 amide bonds. The van der Waals surface area contributed by atoms with E-state index in [-0.39, 0.29) is 5.56 Å².